The first-order valence-corrected chi connectivity index (χ1v) is 10.1. The van der Waals surface area contributed by atoms with Gasteiger partial charge >= 0.3 is 5.97 Å². The lowest BCUT2D eigenvalue weighted by Gasteiger charge is -2.59. The quantitative estimate of drug-likeness (QED) is 0.527. The first-order chi connectivity index (χ1) is 12.2. The number of rotatable bonds is 1. The second-order valence-corrected chi connectivity index (χ2v) is 9.73. The highest BCUT2D eigenvalue weighted by molar-refractivity contribution is 6.05. The highest BCUT2D eigenvalue weighted by atomic mass is 16.5. The normalized spacial score (nSPS) is 47.8. The Balaban J connectivity index is 1.62. The zero-order valence-electron chi connectivity index (χ0n) is 16.2. The molecule has 0 heterocycles. The van der Waals surface area contributed by atoms with E-state index < -0.39 is 5.41 Å². The lowest BCUT2D eigenvalue weighted by Crippen LogP contribution is -2.57. The van der Waals surface area contributed by atoms with Crippen LogP contribution in [0.1, 0.15) is 65.7 Å². The fourth-order valence-corrected chi connectivity index (χ4v) is 7.13. The van der Waals surface area contributed by atoms with Crippen LogP contribution in [0.5, 0.6) is 0 Å². The Hall–Kier alpha value is -1.45. The molecule has 4 aliphatic rings. The Labute approximate surface area is 155 Å². The number of esters is 1. The van der Waals surface area contributed by atoms with Crippen molar-refractivity contribution in [3.8, 4) is 0 Å². The largest absolute Gasteiger partial charge is 0.463 e. The summed E-state index contributed by atoms with van der Waals surface area (Å²) in [4.78, 5) is 37.3. The van der Waals surface area contributed by atoms with E-state index in [0.29, 0.717) is 18.3 Å². The van der Waals surface area contributed by atoms with Crippen molar-refractivity contribution in [2.24, 2.45) is 34.5 Å². The summed E-state index contributed by atoms with van der Waals surface area (Å²) in [5.41, 5.74) is 0.176. The van der Waals surface area contributed by atoms with E-state index in [4.69, 9.17) is 4.74 Å². The summed E-state index contributed by atoms with van der Waals surface area (Å²) in [6.07, 6.45) is 5.86. The summed E-state index contributed by atoms with van der Waals surface area (Å²) in [7, 11) is 0. The zero-order chi connectivity index (χ0) is 18.9. The maximum Gasteiger partial charge on any atom is 0.302 e. The monoisotopic (exact) mass is 358 g/mol. The molecule has 4 heteroatoms. The van der Waals surface area contributed by atoms with Crippen LogP contribution in [0.4, 0.5) is 0 Å². The average Bonchev–Trinajstić information content (AvgIpc) is 2.78. The highest BCUT2D eigenvalue weighted by Gasteiger charge is 2.64. The fraction of sp³-hybridized carbons (Fsp3) is 0.773. The maximum atomic E-state index is 13.3. The molecule has 4 nitrogen and oxygen atoms in total. The van der Waals surface area contributed by atoms with Crippen molar-refractivity contribution in [2.45, 2.75) is 71.8 Å². The van der Waals surface area contributed by atoms with Gasteiger partial charge in [0.25, 0.3) is 0 Å². The molecular weight excluding hydrogens is 328 g/mol. The van der Waals surface area contributed by atoms with E-state index in [-0.39, 0.29) is 40.9 Å². The van der Waals surface area contributed by atoms with E-state index in [9.17, 15) is 14.4 Å². The minimum Gasteiger partial charge on any atom is -0.463 e. The molecule has 0 spiro atoms. The van der Waals surface area contributed by atoms with Gasteiger partial charge in [-0.15, -0.1) is 0 Å². The molecule has 0 N–H and O–H groups in total. The van der Waals surface area contributed by atoms with Gasteiger partial charge in [-0.2, -0.15) is 0 Å². The van der Waals surface area contributed by atoms with Crippen molar-refractivity contribution in [3.63, 3.8) is 0 Å². The molecule has 4 fully saturated rings. The molecule has 7 atom stereocenters. The SMILES string of the molecule is C=C1C[C@H]2[C@@H]3CC[C@@H]4C[C@H](OC(C)=O)CC[C@]4(C)[C@H]3C(=O)C[C@]2(C)C1=O. The van der Waals surface area contributed by atoms with Gasteiger partial charge in [0.2, 0.25) is 0 Å². The number of Topliss-reactive ketones (excluding diaryl/α,β-unsaturated/α-hetero) is 2. The summed E-state index contributed by atoms with van der Waals surface area (Å²) in [6, 6.07) is 0. The molecule has 4 saturated carbocycles. The summed E-state index contributed by atoms with van der Waals surface area (Å²) in [6.45, 7) is 9.75. The lowest BCUT2D eigenvalue weighted by atomic mass is 9.45. The Bertz CT molecular complexity index is 694. The average molecular weight is 358 g/mol. The van der Waals surface area contributed by atoms with Gasteiger partial charge in [0.15, 0.2) is 5.78 Å². The van der Waals surface area contributed by atoms with Crippen LogP contribution < -0.4 is 0 Å². The van der Waals surface area contributed by atoms with Gasteiger partial charge in [0, 0.05) is 24.7 Å². The fourth-order valence-electron chi connectivity index (χ4n) is 7.13. The maximum absolute atomic E-state index is 13.3. The van der Waals surface area contributed by atoms with Gasteiger partial charge < -0.3 is 4.74 Å². The van der Waals surface area contributed by atoms with Gasteiger partial charge in [-0.1, -0.05) is 20.4 Å². The molecule has 4 aliphatic carbocycles. The Morgan fingerprint density at radius 3 is 2.62 bits per heavy atom. The van der Waals surface area contributed by atoms with Gasteiger partial charge in [-0.05, 0) is 67.3 Å². The lowest BCUT2D eigenvalue weighted by molar-refractivity contribution is -0.168. The number of ether oxygens (including phenoxy) is 1. The van der Waals surface area contributed by atoms with Crippen molar-refractivity contribution in [1.29, 1.82) is 0 Å². The van der Waals surface area contributed by atoms with Crippen LogP contribution in [-0.4, -0.2) is 23.6 Å². The number of allylic oxidation sites excluding steroid dienone is 1. The van der Waals surface area contributed by atoms with Crippen LogP contribution in [0.25, 0.3) is 0 Å². The number of carbonyl (C=O) groups is 3. The molecule has 0 saturated heterocycles. The van der Waals surface area contributed by atoms with Gasteiger partial charge in [0.05, 0.1) is 0 Å². The topological polar surface area (TPSA) is 60.4 Å². The van der Waals surface area contributed by atoms with Gasteiger partial charge in [-0.3, -0.25) is 14.4 Å². The van der Waals surface area contributed by atoms with Crippen LogP contribution in [0, 0.1) is 34.5 Å². The van der Waals surface area contributed by atoms with Gasteiger partial charge in [-0.25, -0.2) is 0 Å². The standard InChI is InChI=1S/C22H30O4/c1-12-9-17-16-6-5-14-10-15(26-13(2)23)7-8-21(14,3)19(16)18(24)11-22(17,4)20(12)25/h14-17,19H,1,5-11H2,2-4H3/t14-,15-,16+,17+,19-,21+,22+/m1/s1. The molecule has 0 aromatic rings. The summed E-state index contributed by atoms with van der Waals surface area (Å²) >= 11 is 0. The predicted molar refractivity (Wildman–Crippen MR) is 97.2 cm³/mol. The Morgan fingerprint density at radius 2 is 1.92 bits per heavy atom. The van der Waals surface area contributed by atoms with Crippen molar-refractivity contribution in [3.05, 3.63) is 12.2 Å². The van der Waals surface area contributed by atoms with Crippen LogP contribution in [0.3, 0.4) is 0 Å². The van der Waals surface area contributed by atoms with Gasteiger partial charge in [0.1, 0.15) is 11.9 Å². The molecule has 0 unspecified atom stereocenters. The summed E-state index contributed by atoms with van der Waals surface area (Å²) in [5.74, 6) is 1.26. The van der Waals surface area contributed by atoms with E-state index in [2.05, 4.69) is 13.5 Å². The van der Waals surface area contributed by atoms with Crippen LogP contribution in [0.15, 0.2) is 12.2 Å². The molecule has 0 radical (unpaired) electrons. The molecule has 0 bridgehead atoms. The third-order valence-corrected chi connectivity index (χ3v) is 8.33. The van der Waals surface area contributed by atoms with E-state index in [1.54, 1.807) is 0 Å². The molecule has 142 valence electrons. The number of carbonyl (C=O) groups excluding carboxylic acids is 3. The molecule has 26 heavy (non-hydrogen) atoms. The number of hydrogen-bond acceptors (Lipinski definition) is 4. The first kappa shape index (κ1) is 17.9. The Kier molecular flexibility index (Phi) is 3.98. The van der Waals surface area contributed by atoms with Crippen LogP contribution in [0.2, 0.25) is 0 Å². The minimum atomic E-state index is -0.520. The van der Waals surface area contributed by atoms with Crippen LogP contribution in [-0.2, 0) is 19.1 Å². The first-order valence-electron chi connectivity index (χ1n) is 10.1. The zero-order valence-corrected chi connectivity index (χ0v) is 16.2. The van der Waals surface area contributed by atoms with Crippen molar-refractivity contribution in [2.75, 3.05) is 0 Å². The summed E-state index contributed by atoms with van der Waals surface area (Å²) < 4.78 is 5.48. The highest BCUT2D eigenvalue weighted by Crippen LogP contribution is 2.65. The third-order valence-electron chi connectivity index (χ3n) is 8.33. The van der Waals surface area contributed by atoms with Crippen LogP contribution >= 0.6 is 0 Å². The third kappa shape index (κ3) is 2.36. The van der Waals surface area contributed by atoms with E-state index in [0.717, 1.165) is 44.1 Å². The smallest absolute Gasteiger partial charge is 0.302 e. The van der Waals surface area contributed by atoms with E-state index in [1.165, 1.54) is 6.92 Å². The second-order valence-electron chi connectivity index (χ2n) is 9.73. The molecule has 0 amide bonds. The predicted octanol–water partition coefficient (Wildman–Crippen LogP) is 3.88. The second kappa shape index (κ2) is 5.77. The Morgan fingerprint density at radius 1 is 1.19 bits per heavy atom. The molecule has 4 rings (SSSR count). The number of ketones is 2. The molecule has 0 aliphatic heterocycles. The van der Waals surface area contributed by atoms with E-state index in [1.807, 2.05) is 6.92 Å². The van der Waals surface area contributed by atoms with E-state index >= 15 is 0 Å². The minimum absolute atomic E-state index is 0.00100. The summed E-state index contributed by atoms with van der Waals surface area (Å²) in [5, 5.41) is 0. The number of fused-ring (bicyclic) bond motifs is 5. The molecule has 0 aromatic heterocycles. The molecular formula is C22H30O4. The van der Waals surface area contributed by atoms with Crippen molar-refractivity contribution >= 4 is 17.5 Å². The molecule has 0 aromatic carbocycles. The van der Waals surface area contributed by atoms with Crippen molar-refractivity contribution < 1.29 is 19.1 Å². The number of hydrogen-bond donors (Lipinski definition) is 0. The van der Waals surface area contributed by atoms with Crippen molar-refractivity contribution in [1.82, 2.24) is 0 Å².